The van der Waals surface area contributed by atoms with Gasteiger partial charge in [0, 0.05) is 26.2 Å². The zero-order chi connectivity index (χ0) is 18.8. The second-order valence-corrected chi connectivity index (χ2v) is 8.26. The van der Waals surface area contributed by atoms with E-state index in [2.05, 4.69) is 4.98 Å². The highest BCUT2D eigenvalue weighted by Crippen LogP contribution is 2.24. The lowest BCUT2D eigenvalue weighted by Crippen LogP contribution is -2.51. The summed E-state index contributed by atoms with van der Waals surface area (Å²) in [5, 5.41) is 2.41. The molecule has 3 aromatic rings. The van der Waals surface area contributed by atoms with E-state index in [1.165, 1.54) is 23.1 Å². The Balaban J connectivity index is 1.29. The maximum Gasteiger partial charge on any atom is 0.264 e. The standard InChI is InChI=1S/C19H19N3O3S2/c1-13-4-5-15-14(11-13)20-19(25-15)27-12-17(23)21-6-8-22(9-7-21)18(24)16-3-2-10-26-16/h2-5,10-11H,6-9,12H2,1H3. The molecule has 0 atom stereocenters. The van der Waals surface area contributed by atoms with Crippen molar-refractivity contribution in [1.82, 2.24) is 14.8 Å². The zero-order valence-electron chi connectivity index (χ0n) is 14.9. The number of thiophene rings is 1. The summed E-state index contributed by atoms with van der Waals surface area (Å²) < 4.78 is 5.68. The molecule has 6 nitrogen and oxygen atoms in total. The molecule has 1 aromatic carbocycles. The van der Waals surface area contributed by atoms with Crippen LogP contribution in [0.3, 0.4) is 0 Å². The normalized spacial score (nSPS) is 14.7. The molecule has 4 rings (SSSR count). The van der Waals surface area contributed by atoms with Crippen molar-refractivity contribution in [1.29, 1.82) is 0 Å². The van der Waals surface area contributed by atoms with Crippen molar-refractivity contribution in [3.63, 3.8) is 0 Å². The maximum atomic E-state index is 12.5. The van der Waals surface area contributed by atoms with Crippen molar-refractivity contribution in [3.05, 3.63) is 46.2 Å². The summed E-state index contributed by atoms with van der Waals surface area (Å²) in [6, 6.07) is 9.55. The molecule has 8 heteroatoms. The Morgan fingerprint density at radius 3 is 2.70 bits per heavy atom. The summed E-state index contributed by atoms with van der Waals surface area (Å²) in [5.74, 6) is 0.375. The molecule has 1 aliphatic rings. The molecule has 1 saturated heterocycles. The third kappa shape index (κ3) is 4.01. The Morgan fingerprint density at radius 2 is 1.96 bits per heavy atom. The molecule has 0 radical (unpaired) electrons. The smallest absolute Gasteiger partial charge is 0.264 e. The van der Waals surface area contributed by atoms with Gasteiger partial charge in [0.05, 0.1) is 10.6 Å². The molecule has 0 bridgehead atoms. The number of amides is 2. The summed E-state index contributed by atoms with van der Waals surface area (Å²) in [6.07, 6.45) is 0. The van der Waals surface area contributed by atoms with E-state index >= 15 is 0 Å². The fourth-order valence-electron chi connectivity index (χ4n) is 3.01. The Morgan fingerprint density at radius 1 is 1.19 bits per heavy atom. The van der Waals surface area contributed by atoms with Crippen molar-refractivity contribution in [3.8, 4) is 0 Å². The molecule has 0 N–H and O–H groups in total. The van der Waals surface area contributed by atoms with E-state index in [1.807, 2.05) is 47.5 Å². The van der Waals surface area contributed by atoms with E-state index in [9.17, 15) is 9.59 Å². The zero-order valence-corrected chi connectivity index (χ0v) is 16.5. The van der Waals surface area contributed by atoms with Gasteiger partial charge in [-0.1, -0.05) is 23.9 Å². The second kappa shape index (κ2) is 7.74. The first-order valence-electron chi connectivity index (χ1n) is 8.71. The van der Waals surface area contributed by atoms with Crippen molar-refractivity contribution in [2.75, 3.05) is 31.9 Å². The lowest BCUT2D eigenvalue weighted by atomic mass is 10.2. The van der Waals surface area contributed by atoms with Gasteiger partial charge in [0.25, 0.3) is 11.1 Å². The fraction of sp³-hybridized carbons (Fsp3) is 0.316. The van der Waals surface area contributed by atoms with Gasteiger partial charge in [-0.05, 0) is 36.1 Å². The Kier molecular flexibility index (Phi) is 5.18. The van der Waals surface area contributed by atoms with Crippen LogP contribution in [0.4, 0.5) is 0 Å². The number of hydrogen-bond acceptors (Lipinski definition) is 6. The number of carbonyl (C=O) groups is 2. The molecular weight excluding hydrogens is 382 g/mol. The second-order valence-electron chi connectivity index (χ2n) is 6.39. The highest BCUT2D eigenvalue weighted by molar-refractivity contribution is 7.99. The van der Waals surface area contributed by atoms with Crippen molar-refractivity contribution in [2.24, 2.45) is 0 Å². The SMILES string of the molecule is Cc1ccc2oc(SCC(=O)N3CCN(C(=O)c4cccs4)CC3)nc2c1. The molecule has 1 fully saturated rings. The first-order chi connectivity index (χ1) is 13.1. The Bertz CT molecular complexity index is 960. The summed E-state index contributed by atoms with van der Waals surface area (Å²) in [4.78, 5) is 33.6. The molecule has 0 aliphatic carbocycles. The van der Waals surface area contributed by atoms with Crippen LogP contribution >= 0.6 is 23.1 Å². The monoisotopic (exact) mass is 401 g/mol. The molecule has 2 aromatic heterocycles. The van der Waals surface area contributed by atoms with E-state index in [1.54, 1.807) is 4.90 Å². The minimum absolute atomic E-state index is 0.0432. The molecule has 3 heterocycles. The van der Waals surface area contributed by atoms with Crippen LogP contribution < -0.4 is 0 Å². The van der Waals surface area contributed by atoms with Crippen molar-refractivity contribution in [2.45, 2.75) is 12.1 Å². The highest BCUT2D eigenvalue weighted by Gasteiger charge is 2.25. The third-order valence-corrected chi connectivity index (χ3v) is 6.16. The molecule has 140 valence electrons. The van der Waals surface area contributed by atoms with Gasteiger partial charge in [0.1, 0.15) is 5.52 Å². The molecule has 27 heavy (non-hydrogen) atoms. The molecule has 0 saturated carbocycles. The number of aryl methyl sites for hydroxylation is 1. The number of benzene rings is 1. The van der Waals surface area contributed by atoms with Crippen LogP contribution in [0.1, 0.15) is 15.2 Å². The number of rotatable bonds is 4. The van der Waals surface area contributed by atoms with E-state index in [0.717, 1.165) is 21.5 Å². The van der Waals surface area contributed by atoms with Crippen LogP contribution in [-0.2, 0) is 4.79 Å². The van der Waals surface area contributed by atoms with Gasteiger partial charge in [-0.2, -0.15) is 0 Å². The van der Waals surface area contributed by atoms with E-state index in [-0.39, 0.29) is 17.6 Å². The molecule has 1 aliphatic heterocycles. The average Bonchev–Trinajstić information content (AvgIpc) is 3.35. The van der Waals surface area contributed by atoms with Gasteiger partial charge in [-0.25, -0.2) is 4.98 Å². The van der Waals surface area contributed by atoms with Crippen LogP contribution in [0.15, 0.2) is 45.4 Å². The van der Waals surface area contributed by atoms with Crippen LogP contribution in [0.2, 0.25) is 0 Å². The number of hydrogen-bond donors (Lipinski definition) is 0. The van der Waals surface area contributed by atoms with Gasteiger partial charge >= 0.3 is 0 Å². The maximum absolute atomic E-state index is 12.5. The summed E-state index contributed by atoms with van der Waals surface area (Å²) in [6.45, 7) is 4.25. The van der Waals surface area contributed by atoms with Gasteiger partial charge in [0.15, 0.2) is 5.58 Å². The lowest BCUT2D eigenvalue weighted by molar-refractivity contribution is -0.129. The number of fused-ring (bicyclic) bond motifs is 1. The third-order valence-electron chi connectivity index (χ3n) is 4.49. The largest absolute Gasteiger partial charge is 0.431 e. The predicted octanol–water partition coefficient (Wildman–Crippen LogP) is 3.27. The van der Waals surface area contributed by atoms with Crippen LogP contribution in [0.5, 0.6) is 0 Å². The summed E-state index contributed by atoms with van der Waals surface area (Å²) >= 11 is 2.76. The minimum Gasteiger partial charge on any atom is -0.431 e. The fourth-order valence-corrected chi connectivity index (χ4v) is 4.44. The van der Waals surface area contributed by atoms with Crippen LogP contribution in [0.25, 0.3) is 11.1 Å². The minimum atomic E-state index is 0.0432. The number of carbonyl (C=O) groups excluding carboxylic acids is 2. The number of aromatic nitrogens is 1. The van der Waals surface area contributed by atoms with Gasteiger partial charge in [-0.15, -0.1) is 11.3 Å². The van der Waals surface area contributed by atoms with Crippen LogP contribution in [0, 0.1) is 6.92 Å². The van der Waals surface area contributed by atoms with Gasteiger partial charge < -0.3 is 14.2 Å². The molecule has 0 spiro atoms. The molecule has 2 amide bonds. The van der Waals surface area contributed by atoms with E-state index < -0.39 is 0 Å². The highest BCUT2D eigenvalue weighted by atomic mass is 32.2. The van der Waals surface area contributed by atoms with Crippen LogP contribution in [-0.4, -0.2) is 58.5 Å². The average molecular weight is 402 g/mol. The number of nitrogens with zero attached hydrogens (tertiary/aromatic N) is 3. The first kappa shape index (κ1) is 18.1. The summed E-state index contributed by atoms with van der Waals surface area (Å²) in [7, 11) is 0. The number of piperazine rings is 1. The summed E-state index contributed by atoms with van der Waals surface area (Å²) in [5.41, 5.74) is 2.67. The number of oxazole rings is 1. The number of thioether (sulfide) groups is 1. The Labute approximate surface area is 165 Å². The van der Waals surface area contributed by atoms with Gasteiger partial charge in [-0.3, -0.25) is 9.59 Å². The van der Waals surface area contributed by atoms with E-state index in [0.29, 0.717) is 31.4 Å². The van der Waals surface area contributed by atoms with Crippen molar-refractivity contribution >= 4 is 46.0 Å². The van der Waals surface area contributed by atoms with E-state index in [4.69, 9.17) is 4.42 Å². The Hall–Kier alpha value is -2.32. The topological polar surface area (TPSA) is 66.7 Å². The lowest BCUT2D eigenvalue weighted by Gasteiger charge is -2.34. The predicted molar refractivity (Wildman–Crippen MR) is 106 cm³/mol. The molecular formula is C19H19N3O3S2. The van der Waals surface area contributed by atoms with Gasteiger partial charge in [0.2, 0.25) is 5.91 Å². The van der Waals surface area contributed by atoms with Crippen molar-refractivity contribution < 1.29 is 14.0 Å². The molecule has 0 unspecified atom stereocenters. The first-order valence-corrected chi connectivity index (χ1v) is 10.6. The quantitative estimate of drug-likeness (QED) is 0.628.